The molecule has 43 heavy (non-hydrogen) atoms. The van der Waals surface area contributed by atoms with Gasteiger partial charge in [0.05, 0.1) is 19.6 Å². The van der Waals surface area contributed by atoms with Gasteiger partial charge in [-0.25, -0.2) is 9.71 Å². The number of nitrogens with one attached hydrogen (secondary N) is 1. The van der Waals surface area contributed by atoms with Gasteiger partial charge >= 0.3 is 10.2 Å². The van der Waals surface area contributed by atoms with Crippen molar-refractivity contribution in [1.82, 2.24) is 18.9 Å². The molecular weight excluding hydrogens is 585 g/mol. The molecule has 1 heterocycles. The lowest BCUT2D eigenvalue weighted by Crippen LogP contribution is -2.39. The summed E-state index contributed by atoms with van der Waals surface area (Å²) in [7, 11) is 0.287. The molecule has 0 saturated carbocycles. The number of hydrogen-bond donors (Lipinski definition) is 1. The van der Waals surface area contributed by atoms with Crippen molar-refractivity contribution in [2.45, 2.75) is 32.2 Å². The number of carbonyl (C=O) groups is 2. The molecular formula is C32H36N4O5S2. The van der Waals surface area contributed by atoms with Crippen LogP contribution in [0.3, 0.4) is 0 Å². The second-order valence-electron chi connectivity index (χ2n) is 10.2. The lowest BCUT2D eigenvalue weighted by Gasteiger charge is -2.28. The summed E-state index contributed by atoms with van der Waals surface area (Å²) in [6.07, 6.45) is 1.51. The second kappa shape index (κ2) is 14.4. The van der Waals surface area contributed by atoms with E-state index in [1.165, 1.54) is 31.0 Å². The van der Waals surface area contributed by atoms with Gasteiger partial charge in [0.25, 0.3) is 5.91 Å². The Kier molecular flexibility index (Phi) is 10.7. The van der Waals surface area contributed by atoms with E-state index in [0.29, 0.717) is 22.2 Å². The average molecular weight is 621 g/mol. The fourth-order valence-electron chi connectivity index (χ4n) is 4.64. The maximum absolute atomic E-state index is 14.4. The van der Waals surface area contributed by atoms with Crippen LogP contribution in [0.1, 0.15) is 49.4 Å². The first-order valence-electron chi connectivity index (χ1n) is 13.8. The molecule has 0 fully saturated rings. The third-order valence-electron chi connectivity index (χ3n) is 6.96. The van der Waals surface area contributed by atoms with Gasteiger partial charge in [0, 0.05) is 25.5 Å². The first-order valence-corrected chi connectivity index (χ1v) is 16.1. The molecule has 226 valence electrons. The standard InChI is InChI=1S/C32H36N4O5S2/c1-23-30(31(37)34-43(39,40)35(2)3)33-28(42-23)22-36(21-11-14-24-12-7-5-8-13-24)32(38)29(25-15-9-6-10-16-25)26-17-19-27(41-4)20-18-26/h5-10,12-13,15-20,29H,11,14,21-22H2,1-4H3,(H,34,37). The number of nitrogens with zero attached hydrogens (tertiary/aromatic N) is 3. The zero-order valence-electron chi connectivity index (χ0n) is 24.7. The molecule has 0 radical (unpaired) electrons. The number of methoxy groups -OCH3 is 1. The molecule has 0 saturated heterocycles. The summed E-state index contributed by atoms with van der Waals surface area (Å²) in [5.41, 5.74) is 2.89. The number of rotatable bonds is 13. The summed E-state index contributed by atoms with van der Waals surface area (Å²) >= 11 is 1.27. The first-order chi connectivity index (χ1) is 20.6. The summed E-state index contributed by atoms with van der Waals surface area (Å²) in [6, 6.07) is 27.2. The van der Waals surface area contributed by atoms with Crippen LogP contribution in [0.4, 0.5) is 0 Å². The molecule has 3 aromatic carbocycles. The van der Waals surface area contributed by atoms with Gasteiger partial charge in [0.1, 0.15) is 16.5 Å². The van der Waals surface area contributed by atoms with Crippen LogP contribution in [0.5, 0.6) is 5.75 Å². The van der Waals surface area contributed by atoms with E-state index in [9.17, 15) is 18.0 Å². The van der Waals surface area contributed by atoms with Gasteiger partial charge in [-0.3, -0.25) is 9.59 Å². The van der Waals surface area contributed by atoms with Gasteiger partial charge < -0.3 is 9.64 Å². The highest BCUT2D eigenvalue weighted by Gasteiger charge is 2.29. The molecule has 2 amide bonds. The average Bonchev–Trinajstić information content (AvgIpc) is 3.37. The molecule has 0 spiro atoms. The predicted octanol–water partition coefficient (Wildman–Crippen LogP) is 4.79. The maximum Gasteiger partial charge on any atom is 0.303 e. The fourth-order valence-corrected chi connectivity index (χ4v) is 6.10. The third kappa shape index (κ3) is 8.28. The van der Waals surface area contributed by atoms with Crippen LogP contribution >= 0.6 is 11.3 Å². The molecule has 1 N–H and O–H groups in total. The Labute approximate surface area is 257 Å². The van der Waals surface area contributed by atoms with E-state index in [4.69, 9.17) is 4.74 Å². The molecule has 9 nitrogen and oxygen atoms in total. The summed E-state index contributed by atoms with van der Waals surface area (Å²) in [4.78, 5) is 34.1. The minimum Gasteiger partial charge on any atom is -0.497 e. The quantitative estimate of drug-likeness (QED) is 0.230. The Balaban J connectivity index is 1.65. The third-order valence-corrected chi connectivity index (χ3v) is 9.32. The molecule has 1 aromatic heterocycles. The van der Waals surface area contributed by atoms with Gasteiger partial charge in [-0.2, -0.15) is 12.7 Å². The molecule has 1 atom stereocenters. The predicted molar refractivity (Wildman–Crippen MR) is 168 cm³/mol. The Hall–Kier alpha value is -4.06. The number of aryl methyl sites for hydroxylation is 2. The minimum absolute atomic E-state index is 0.0249. The molecule has 0 bridgehead atoms. The van der Waals surface area contributed by atoms with E-state index < -0.39 is 22.0 Å². The monoisotopic (exact) mass is 620 g/mol. The van der Waals surface area contributed by atoms with E-state index in [2.05, 4.69) is 17.1 Å². The highest BCUT2D eigenvalue weighted by Crippen LogP contribution is 2.30. The van der Waals surface area contributed by atoms with E-state index in [1.54, 1.807) is 18.9 Å². The van der Waals surface area contributed by atoms with Crippen LogP contribution in [0.25, 0.3) is 0 Å². The Morgan fingerprint density at radius 3 is 2.14 bits per heavy atom. The number of amides is 2. The van der Waals surface area contributed by atoms with Crippen LogP contribution in [-0.2, 0) is 28.0 Å². The number of benzene rings is 3. The molecule has 4 aromatic rings. The van der Waals surface area contributed by atoms with Crippen LogP contribution in [-0.4, -0.2) is 62.2 Å². The Morgan fingerprint density at radius 1 is 0.930 bits per heavy atom. The summed E-state index contributed by atoms with van der Waals surface area (Å²) < 4.78 is 32.8. The minimum atomic E-state index is -3.98. The highest BCUT2D eigenvalue weighted by atomic mass is 32.2. The van der Waals surface area contributed by atoms with Crippen LogP contribution in [0.15, 0.2) is 84.9 Å². The molecule has 0 aliphatic heterocycles. The lowest BCUT2D eigenvalue weighted by molar-refractivity contribution is -0.132. The van der Waals surface area contributed by atoms with Gasteiger partial charge in [-0.15, -0.1) is 11.3 Å². The largest absolute Gasteiger partial charge is 0.497 e. The Morgan fingerprint density at radius 2 is 1.53 bits per heavy atom. The fraction of sp³-hybridized carbons (Fsp3) is 0.281. The van der Waals surface area contributed by atoms with E-state index in [1.807, 2.05) is 77.5 Å². The second-order valence-corrected chi connectivity index (χ2v) is 13.4. The smallest absolute Gasteiger partial charge is 0.303 e. The number of aromatic nitrogens is 1. The first kappa shape index (κ1) is 31.9. The van der Waals surface area contributed by atoms with Gasteiger partial charge in [-0.1, -0.05) is 72.8 Å². The highest BCUT2D eigenvalue weighted by molar-refractivity contribution is 7.87. The Bertz CT molecular complexity index is 1620. The molecule has 11 heteroatoms. The number of carbonyl (C=O) groups excluding carboxylic acids is 2. The normalized spacial score (nSPS) is 12.1. The van der Waals surface area contributed by atoms with Crippen molar-refractivity contribution in [3.05, 3.63) is 117 Å². The van der Waals surface area contributed by atoms with Gasteiger partial charge in [0.15, 0.2) is 0 Å². The van der Waals surface area contributed by atoms with Crippen LogP contribution in [0, 0.1) is 6.92 Å². The summed E-state index contributed by atoms with van der Waals surface area (Å²) in [5, 5.41) is 0.541. The lowest BCUT2D eigenvalue weighted by atomic mass is 9.89. The van der Waals surface area contributed by atoms with E-state index in [-0.39, 0.29) is 18.1 Å². The molecule has 1 unspecified atom stereocenters. The molecule has 0 aliphatic carbocycles. The number of thiazole rings is 1. The van der Waals surface area contributed by atoms with Crippen molar-refractivity contribution in [3.63, 3.8) is 0 Å². The summed E-state index contributed by atoms with van der Waals surface area (Å²) in [5.74, 6) is -0.782. The maximum atomic E-state index is 14.4. The topological polar surface area (TPSA) is 109 Å². The van der Waals surface area contributed by atoms with Crippen molar-refractivity contribution < 1.29 is 22.7 Å². The van der Waals surface area contributed by atoms with Crippen molar-refractivity contribution >= 4 is 33.4 Å². The number of ether oxygens (including phenoxy) is 1. The van der Waals surface area contributed by atoms with Crippen LogP contribution in [0.2, 0.25) is 0 Å². The van der Waals surface area contributed by atoms with E-state index >= 15 is 0 Å². The SMILES string of the molecule is COc1ccc(C(C(=O)N(CCCc2ccccc2)Cc2nc(C(=O)NS(=O)(=O)N(C)C)c(C)s2)c2ccccc2)cc1. The zero-order valence-corrected chi connectivity index (χ0v) is 26.3. The zero-order chi connectivity index (χ0) is 31.0. The molecule has 0 aliphatic rings. The van der Waals surface area contributed by atoms with E-state index in [0.717, 1.165) is 28.3 Å². The van der Waals surface area contributed by atoms with Crippen molar-refractivity contribution in [2.75, 3.05) is 27.7 Å². The molecule has 4 rings (SSSR count). The van der Waals surface area contributed by atoms with Crippen molar-refractivity contribution in [2.24, 2.45) is 0 Å². The number of hydrogen-bond acceptors (Lipinski definition) is 7. The van der Waals surface area contributed by atoms with Gasteiger partial charge in [0.2, 0.25) is 5.91 Å². The van der Waals surface area contributed by atoms with Crippen molar-refractivity contribution in [1.29, 1.82) is 0 Å². The van der Waals surface area contributed by atoms with Crippen LogP contribution < -0.4 is 9.46 Å². The summed E-state index contributed by atoms with van der Waals surface area (Å²) in [6.45, 7) is 2.35. The van der Waals surface area contributed by atoms with Gasteiger partial charge in [-0.05, 0) is 48.6 Å². The van der Waals surface area contributed by atoms with Crippen molar-refractivity contribution in [3.8, 4) is 5.75 Å².